The number of nitrogens with zero attached hydrogens (tertiary/aromatic N) is 1. The molecule has 2 N–H and O–H groups in total. The Morgan fingerprint density at radius 2 is 1.89 bits per heavy atom. The molecule has 1 saturated heterocycles. The van der Waals surface area contributed by atoms with Gasteiger partial charge in [-0.2, -0.15) is 0 Å². The van der Waals surface area contributed by atoms with E-state index >= 15 is 0 Å². The van der Waals surface area contributed by atoms with Gasteiger partial charge in [0.1, 0.15) is 41.6 Å². The fourth-order valence-corrected chi connectivity index (χ4v) is 5.08. The number of nitrogens with one attached hydrogen (secondary N) is 2. The predicted molar refractivity (Wildman–Crippen MR) is 130 cm³/mol. The predicted octanol–water partition coefficient (Wildman–Crippen LogP) is 2.16. The van der Waals surface area contributed by atoms with Gasteiger partial charge in [-0.25, -0.2) is 9.59 Å². The number of rotatable bonds is 8. The summed E-state index contributed by atoms with van der Waals surface area (Å²) in [4.78, 5) is 51.1. The van der Waals surface area contributed by atoms with Crippen molar-refractivity contribution in [3.05, 3.63) is 41.1 Å². The summed E-state index contributed by atoms with van der Waals surface area (Å²) in [6.07, 6.45) is -0.738. The van der Waals surface area contributed by atoms with Crippen LogP contribution in [0, 0.1) is 0 Å². The summed E-state index contributed by atoms with van der Waals surface area (Å²) in [5.41, 5.74) is 0.748. The molecule has 3 amide bonds. The second-order valence-electron chi connectivity index (χ2n) is 8.82. The zero-order valence-corrected chi connectivity index (χ0v) is 21.5. The summed E-state index contributed by atoms with van der Waals surface area (Å²) < 4.78 is 15.6. The second-order valence-corrected chi connectivity index (χ2v) is 10.2. The van der Waals surface area contributed by atoms with Crippen molar-refractivity contribution >= 4 is 47.2 Å². The van der Waals surface area contributed by atoms with Crippen LogP contribution < -0.4 is 15.4 Å². The summed E-state index contributed by atoms with van der Waals surface area (Å²) >= 11 is 7.43. The number of hydrogen-bond donors (Lipinski definition) is 2. The van der Waals surface area contributed by atoms with Crippen LogP contribution >= 0.6 is 23.4 Å². The Labute approximate surface area is 212 Å². The van der Waals surface area contributed by atoms with Gasteiger partial charge in [0.15, 0.2) is 0 Å². The number of carbonyl (C=O) groups is 4. The Balaban J connectivity index is 1.59. The third-order valence-corrected chi connectivity index (χ3v) is 6.70. The largest absolute Gasteiger partial charge is 0.497 e. The molecule has 1 aromatic rings. The molecule has 12 heteroatoms. The van der Waals surface area contributed by atoms with Gasteiger partial charge < -0.3 is 24.8 Å². The average Bonchev–Trinajstić information content (AvgIpc) is 2.82. The molecule has 2 atom stereocenters. The summed E-state index contributed by atoms with van der Waals surface area (Å²) in [6.45, 7) is 4.78. The summed E-state index contributed by atoms with van der Waals surface area (Å²) in [5, 5.41) is 4.47. The normalized spacial score (nSPS) is 19.3. The second kappa shape index (κ2) is 11.2. The number of esters is 1. The Bertz CT molecular complexity index is 1020. The molecular weight excluding hydrogens is 498 g/mol. The monoisotopic (exact) mass is 525 g/mol. The number of hydrogen-bond acceptors (Lipinski definition) is 8. The molecule has 2 heterocycles. The molecule has 1 fully saturated rings. The number of amides is 3. The van der Waals surface area contributed by atoms with E-state index in [9.17, 15) is 19.2 Å². The maximum absolute atomic E-state index is 12.9. The minimum atomic E-state index is -0.839. The maximum Gasteiger partial charge on any atom is 0.408 e. The summed E-state index contributed by atoms with van der Waals surface area (Å²) in [6, 6.07) is 6.21. The number of alkyl halides is 1. The minimum Gasteiger partial charge on any atom is -0.497 e. The summed E-state index contributed by atoms with van der Waals surface area (Å²) in [5.74, 6) is -0.510. The maximum atomic E-state index is 12.9. The zero-order chi connectivity index (χ0) is 25.8. The molecule has 0 aromatic heterocycles. The van der Waals surface area contributed by atoms with Gasteiger partial charge in [-0.05, 0) is 44.0 Å². The Morgan fingerprint density at radius 1 is 1.20 bits per heavy atom. The lowest BCUT2D eigenvalue weighted by Crippen LogP contribution is -2.71. The van der Waals surface area contributed by atoms with Gasteiger partial charge in [0.2, 0.25) is 5.91 Å². The van der Waals surface area contributed by atoms with E-state index in [2.05, 4.69) is 10.6 Å². The SMILES string of the molecule is COc1ccc(COC(=O)C2=C(CCl)CS[C@@H]3C(NC(=O)CNC(=O)OC(C)(C)C)C(=O)N23)cc1. The number of thioether (sulfide) groups is 1. The number of β-lactam (4-membered cyclic amide) rings is 1. The van der Waals surface area contributed by atoms with Crippen LogP contribution in [0.2, 0.25) is 0 Å². The molecule has 0 saturated carbocycles. The number of carbonyl (C=O) groups excluding carboxylic acids is 4. The van der Waals surface area contributed by atoms with Gasteiger partial charge in [-0.3, -0.25) is 14.5 Å². The first-order valence-electron chi connectivity index (χ1n) is 10.8. The smallest absolute Gasteiger partial charge is 0.408 e. The fraction of sp³-hybridized carbons (Fsp3) is 0.478. The van der Waals surface area contributed by atoms with E-state index in [0.29, 0.717) is 17.1 Å². The summed E-state index contributed by atoms with van der Waals surface area (Å²) in [7, 11) is 1.56. The molecule has 3 rings (SSSR count). The number of alkyl carbamates (subject to hydrolysis) is 1. The molecule has 0 bridgehead atoms. The Hall–Kier alpha value is -2.92. The van der Waals surface area contributed by atoms with Crippen molar-refractivity contribution in [2.45, 2.75) is 44.4 Å². The van der Waals surface area contributed by atoms with Gasteiger partial charge in [0.25, 0.3) is 5.91 Å². The van der Waals surface area contributed by atoms with Gasteiger partial charge in [0, 0.05) is 11.6 Å². The van der Waals surface area contributed by atoms with Crippen LogP contribution in [0.25, 0.3) is 0 Å². The molecule has 0 aliphatic carbocycles. The molecule has 1 aromatic carbocycles. The van der Waals surface area contributed by atoms with E-state index < -0.39 is 40.9 Å². The van der Waals surface area contributed by atoms with Crippen LogP contribution in [-0.4, -0.2) is 71.1 Å². The molecule has 10 nitrogen and oxygen atoms in total. The van der Waals surface area contributed by atoms with Crippen molar-refractivity contribution in [1.29, 1.82) is 0 Å². The van der Waals surface area contributed by atoms with Crippen molar-refractivity contribution < 1.29 is 33.4 Å². The van der Waals surface area contributed by atoms with E-state index in [1.54, 1.807) is 52.1 Å². The van der Waals surface area contributed by atoms with Crippen LogP contribution in [0.1, 0.15) is 26.3 Å². The molecule has 0 radical (unpaired) electrons. The highest BCUT2D eigenvalue weighted by atomic mass is 35.5. The van der Waals surface area contributed by atoms with E-state index in [1.165, 1.54) is 16.7 Å². The Kier molecular flexibility index (Phi) is 8.55. The first-order chi connectivity index (χ1) is 16.5. The van der Waals surface area contributed by atoms with E-state index in [-0.39, 0.29) is 24.7 Å². The number of ether oxygens (including phenoxy) is 3. The highest BCUT2D eigenvalue weighted by Crippen LogP contribution is 2.41. The molecule has 0 spiro atoms. The van der Waals surface area contributed by atoms with Crippen molar-refractivity contribution in [1.82, 2.24) is 15.5 Å². The van der Waals surface area contributed by atoms with Gasteiger partial charge in [-0.15, -0.1) is 23.4 Å². The lowest BCUT2D eigenvalue weighted by molar-refractivity contribution is -0.153. The van der Waals surface area contributed by atoms with Gasteiger partial charge >= 0.3 is 12.1 Å². The van der Waals surface area contributed by atoms with Crippen molar-refractivity contribution in [3.63, 3.8) is 0 Å². The number of methoxy groups -OCH3 is 1. The highest BCUT2D eigenvalue weighted by Gasteiger charge is 2.54. The average molecular weight is 526 g/mol. The number of fused-ring (bicyclic) bond motifs is 1. The molecule has 2 aliphatic rings. The van der Waals surface area contributed by atoms with Crippen LogP contribution in [-0.2, 0) is 30.5 Å². The zero-order valence-electron chi connectivity index (χ0n) is 19.9. The lowest BCUT2D eigenvalue weighted by Gasteiger charge is -2.49. The van der Waals surface area contributed by atoms with Crippen LogP contribution in [0.15, 0.2) is 35.5 Å². The van der Waals surface area contributed by atoms with Gasteiger partial charge in [-0.1, -0.05) is 12.1 Å². The molecule has 1 unspecified atom stereocenters. The number of benzene rings is 1. The topological polar surface area (TPSA) is 123 Å². The van der Waals surface area contributed by atoms with E-state index in [1.807, 2.05) is 0 Å². The van der Waals surface area contributed by atoms with E-state index in [4.69, 9.17) is 25.8 Å². The van der Waals surface area contributed by atoms with Crippen molar-refractivity contribution in [3.8, 4) is 5.75 Å². The highest BCUT2D eigenvalue weighted by molar-refractivity contribution is 8.00. The Morgan fingerprint density at radius 3 is 2.49 bits per heavy atom. The first-order valence-corrected chi connectivity index (χ1v) is 12.4. The quantitative estimate of drug-likeness (QED) is 0.301. The lowest BCUT2D eigenvalue weighted by atomic mass is 10.0. The molecule has 2 aliphatic heterocycles. The van der Waals surface area contributed by atoms with Gasteiger partial charge in [0.05, 0.1) is 7.11 Å². The van der Waals surface area contributed by atoms with Crippen molar-refractivity contribution in [2.75, 3.05) is 25.3 Å². The third kappa shape index (κ3) is 6.61. The van der Waals surface area contributed by atoms with E-state index in [0.717, 1.165) is 5.56 Å². The third-order valence-electron chi connectivity index (χ3n) is 5.04. The first kappa shape index (κ1) is 26.7. The number of halogens is 1. The van der Waals surface area contributed by atoms with Crippen LogP contribution in [0.5, 0.6) is 5.75 Å². The minimum absolute atomic E-state index is 0.0121. The van der Waals surface area contributed by atoms with Crippen LogP contribution in [0.4, 0.5) is 4.79 Å². The fourth-order valence-electron chi connectivity index (χ4n) is 3.40. The standard InChI is InChI=1S/C23H28ClN3O7S/c1-23(2,3)34-22(31)25-10-16(28)26-17-19(29)27-18(14(9-24)12-35-20(17)27)21(30)33-11-13-5-7-15(32-4)8-6-13/h5-8,17,20H,9-12H2,1-4H3,(H,25,31)(H,26,28)/t17?,20-/m1/s1. The molecular formula is C23H28ClN3O7S. The molecule has 190 valence electrons. The molecule has 35 heavy (non-hydrogen) atoms. The van der Waals surface area contributed by atoms with Crippen molar-refractivity contribution in [2.24, 2.45) is 0 Å². The van der Waals surface area contributed by atoms with Crippen LogP contribution in [0.3, 0.4) is 0 Å².